The number of hydrogen-bond donors (Lipinski definition) is 0. The van der Waals surface area contributed by atoms with Gasteiger partial charge in [0.1, 0.15) is 0 Å². The maximum atomic E-state index is 5.79. The normalized spacial score (nSPS) is 10.0. The Morgan fingerprint density at radius 3 is 3.15 bits per heavy atom. The summed E-state index contributed by atoms with van der Waals surface area (Å²) >= 11 is 7.64. The van der Waals surface area contributed by atoms with Crippen LogP contribution < -0.4 is 4.74 Å². The monoisotopic (exact) mass is 217 g/mol. The first-order valence-corrected chi connectivity index (χ1v) is 5.69. The molecule has 1 aromatic rings. The highest BCUT2D eigenvalue weighted by Crippen LogP contribution is 2.20. The van der Waals surface area contributed by atoms with Crippen LogP contribution in [0.4, 0.5) is 0 Å². The van der Waals surface area contributed by atoms with Gasteiger partial charge in [-0.1, -0.05) is 18.5 Å². The van der Waals surface area contributed by atoms with Crippen molar-refractivity contribution in [2.75, 3.05) is 18.1 Å². The molecule has 0 saturated carbocycles. The Morgan fingerprint density at radius 1 is 1.62 bits per heavy atom. The lowest BCUT2D eigenvalue weighted by Gasteiger charge is -2.05. The second kappa shape index (κ2) is 6.11. The molecule has 1 rings (SSSR count). The SMILES string of the molecule is CCSCCOc1cccnc1Cl. The zero-order chi connectivity index (χ0) is 9.52. The van der Waals surface area contributed by atoms with Crippen LogP contribution in [0.3, 0.4) is 0 Å². The number of nitrogens with zero attached hydrogens (tertiary/aromatic N) is 1. The molecule has 0 unspecified atom stereocenters. The van der Waals surface area contributed by atoms with E-state index in [0.29, 0.717) is 17.5 Å². The summed E-state index contributed by atoms with van der Waals surface area (Å²) in [6, 6.07) is 3.64. The van der Waals surface area contributed by atoms with Crippen LogP contribution in [0.25, 0.3) is 0 Å². The lowest BCUT2D eigenvalue weighted by atomic mass is 10.5. The third-order valence-corrected chi connectivity index (χ3v) is 2.56. The maximum Gasteiger partial charge on any atom is 0.171 e. The molecule has 72 valence electrons. The minimum Gasteiger partial charge on any atom is -0.489 e. The smallest absolute Gasteiger partial charge is 0.171 e. The maximum absolute atomic E-state index is 5.79. The number of ether oxygens (including phenoxy) is 1. The fraction of sp³-hybridized carbons (Fsp3) is 0.444. The molecule has 0 N–H and O–H groups in total. The van der Waals surface area contributed by atoms with Crippen molar-refractivity contribution in [3.8, 4) is 5.75 Å². The van der Waals surface area contributed by atoms with E-state index in [4.69, 9.17) is 16.3 Å². The van der Waals surface area contributed by atoms with Gasteiger partial charge in [0.05, 0.1) is 6.61 Å². The first-order chi connectivity index (χ1) is 6.34. The Labute approximate surface area is 87.7 Å². The average Bonchev–Trinajstić information content (AvgIpc) is 2.15. The lowest BCUT2D eigenvalue weighted by Crippen LogP contribution is -2.01. The number of pyridine rings is 1. The van der Waals surface area contributed by atoms with Crippen LogP contribution in [0.1, 0.15) is 6.92 Å². The molecule has 0 aliphatic carbocycles. The van der Waals surface area contributed by atoms with E-state index in [-0.39, 0.29) is 0 Å². The Kier molecular flexibility index (Phi) is 5.01. The van der Waals surface area contributed by atoms with Gasteiger partial charge in [0.15, 0.2) is 10.9 Å². The number of aromatic nitrogens is 1. The van der Waals surface area contributed by atoms with Crippen LogP contribution in [0.2, 0.25) is 5.15 Å². The summed E-state index contributed by atoms with van der Waals surface area (Å²) < 4.78 is 5.42. The van der Waals surface area contributed by atoms with Gasteiger partial charge in [-0.2, -0.15) is 11.8 Å². The zero-order valence-corrected chi connectivity index (χ0v) is 9.07. The number of halogens is 1. The highest BCUT2D eigenvalue weighted by molar-refractivity contribution is 7.99. The fourth-order valence-electron chi connectivity index (χ4n) is 0.834. The second-order valence-electron chi connectivity index (χ2n) is 2.34. The van der Waals surface area contributed by atoms with E-state index < -0.39 is 0 Å². The van der Waals surface area contributed by atoms with Gasteiger partial charge >= 0.3 is 0 Å². The Hall–Kier alpha value is -0.410. The molecule has 0 saturated heterocycles. The quantitative estimate of drug-likeness (QED) is 0.560. The highest BCUT2D eigenvalue weighted by atomic mass is 35.5. The number of hydrogen-bond acceptors (Lipinski definition) is 3. The fourth-order valence-corrected chi connectivity index (χ4v) is 1.50. The second-order valence-corrected chi connectivity index (χ2v) is 4.09. The van der Waals surface area contributed by atoms with Crippen molar-refractivity contribution in [2.45, 2.75) is 6.92 Å². The Balaban J connectivity index is 2.32. The van der Waals surface area contributed by atoms with Gasteiger partial charge in [0.2, 0.25) is 0 Å². The topological polar surface area (TPSA) is 22.1 Å². The van der Waals surface area contributed by atoms with E-state index in [0.717, 1.165) is 11.5 Å². The summed E-state index contributed by atoms with van der Waals surface area (Å²) in [6.07, 6.45) is 1.65. The first-order valence-electron chi connectivity index (χ1n) is 4.15. The Bertz CT molecular complexity index is 257. The molecule has 2 nitrogen and oxygen atoms in total. The molecular formula is C9H12ClNOS. The largest absolute Gasteiger partial charge is 0.489 e. The van der Waals surface area contributed by atoms with Gasteiger partial charge < -0.3 is 4.74 Å². The van der Waals surface area contributed by atoms with E-state index in [9.17, 15) is 0 Å². The molecule has 1 aromatic heterocycles. The minimum atomic E-state index is 0.434. The molecular weight excluding hydrogens is 206 g/mol. The van der Waals surface area contributed by atoms with Gasteiger partial charge in [-0.3, -0.25) is 0 Å². The molecule has 0 aliphatic heterocycles. The Morgan fingerprint density at radius 2 is 2.46 bits per heavy atom. The van der Waals surface area contributed by atoms with Crippen molar-refractivity contribution >= 4 is 23.4 Å². The predicted octanol–water partition coefficient (Wildman–Crippen LogP) is 2.87. The van der Waals surface area contributed by atoms with Crippen LogP contribution in [-0.2, 0) is 0 Å². The van der Waals surface area contributed by atoms with Gasteiger partial charge in [0, 0.05) is 11.9 Å². The molecule has 0 radical (unpaired) electrons. The van der Waals surface area contributed by atoms with E-state index in [1.807, 2.05) is 23.9 Å². The van der Waals surface area contributed by atoms with Crippen LogP contribution >= 0.6 is 23.4 Å². The number of thioether (sulfide) groups is 1. The summed E-state index contributed by atoms with van der Waals surface area (Å²) in [4.78, 5) is 3.91. The van der Waals surface area contributed by atoms with Crippen molar-refractivity contribution < 1.29 is 4.74 Å². The van der Waals surface area contributed by atoms with Crippen molar-refractivity contribution in [1.82, 2.24) is 4.98 Å². The van der Waals surface area contributed by atoms with E-state index in [1.54, 1.807) is 6.20 Å². The van der Waals surface area contributed by atoms with Crippen molar-refractivity contribution in [1.29, 1.82) is 0 Å². The van der Waals surface area contributed by atoms with Gasteiger partial charge in [-0.15, -0.1) is 0 Å². The van der Waals surface area contributed by atoms with Crippen molar-refractivity contribution in [3.05, 3.63) is 23.5 Å². The molecule has 4 heteroatoms. The molecule has 1 heterocycles. The summed E-state index contributed by atoms with van der Waals surface area (Å²) in [7, 11) is 0. The van der Waals surface area contributed by atoms with Gasteiger partial charge in [-0.25, -0.2) is 4.98 Å². The van der Waals surface area contributed by atoms with Crippen LogP contribution in [0.15, 0.2) is 18.3 Å². The highest BCUT2D eigenvalue weighted by Gasteiger charge is 1.99. The molecule has 0 fully saturated rings. The molecule has 0 spiro atoms. The summed E-state index contributed by atoms with van der Waals surface area (Å²) in [5.74, 6) is 2.77. The predicted molar refractivity (Wildman–Crippen MR) is 57.7 cm³/mol. The molecule has 0 amide bonds. The van der Waals surface area contributed by atoms with E-state index >= 15 is 0 Å². The standard InChI is InChI=1S/C9H12ClNOS/c1-2-13-7-6-12-8-4-3-5-11-9(8)10/h3-5H,2,6-7H2,1H3. The van der Waals surface area contributed by atoms with Crippen molar-refractivity contribution in [2.24, 2.45) is 0 Å². The average molecular weight is 218 g/mol. The third-order valence-electron chi connectivity index (χ3n) is 1.41. The molecule has 0 aromatic carbocycles. The van der Waals surface area contributed by atoms with Crippen LogP contribution in [-0.4, -0.2) is 23.1 Å². The molecule has 0 atom stereocenters. The zero-order valence-electron chi connectivity index (χ0n) is 7.50. The number of rotatable bonds is 5. The minimum absolute atomic E-state index is 0.434. The van der Waals surface area contributed by atoms with E-state index in [1.165, 1.54) is 0 Å². The first kappa shape index (κ1) is 10.7. The lowest BCUT2D eigenvalue weighted by molar-refractivity contribution is 0.343. The summed E-state index contributed by atoms with van der Waals surface area (Å²) in [5.41, 5.74) is 0. The van der Waals surface area contributed by atoms with Crippen LogP contribution in [0.5, 0.6) is 5.75 Å². The van der Waals surface area contributed by atoms with E-state index in [2.05, 4.69) is 11.9 Å². The summed E-state index contributed by atoms with van der Waals surface area (Å²) in [5, 5.41) is 0.434. The van der Waals surface area contributed by atoms with Crippen LogP contribution in [0, 0.1) is 0 Å². The molecule has 0 bridgehead atoms. The third kappa shape index (κ3) is 3.87. The van der Waals surface area contributed by atoms with Crippen molar-refractivity contribution in [3.63, 3.8) is 0 Å². The summed E-state index contributed by atoms with van der Waals surface area (Å²) in [6.45, 7) is 2.81. The van der Waals surface area contributed by atoms with Gasteiger partial charge in [-0.05, 0) is 17.9 Å². The molecule has 0 aliphatic rings. The molecule has 13 heavy (non-hydrogen) atoms. The van der Waals surface area contributed by atoms with Gasteiger partial charge in [0.25, 0.3) is 0 Å².